The van der Waals surface area contributed by atoms with Gasteiger partial charge in [0.1, 0.15) is 17.6 Å². The Hall–Kier alpha value is -1.26. The molecule has 116 valence electrons. The van der Waals surface area contributed by atoms with Gasteiger partial charge in [0.15, 0.2) is 0 Å². The minimum Gasteiger partial charge on any atom is -0.497 e. The van der Waals surface area contributed by atoms with Crippen molar-refractivity contribution in [1.82, 2.24) is 4.90 Å². The second-order valence-electron chi connectivity index (χ2n) is 6.04. The van der Waals surface area contributed by atoms with E-state index in [4.69, 9.17) is 14.2 Å². The maximum atomic E-state index is 6.01. The summed E-state index contributed by atoms with van der Waals surface area (Å²) in [5.74, 6) is 1.75. The Labute approximate surface area is 127 Å². The van der Waals surface area contributed by atoms with E-state index < -0.39 is 0 Å². The molecule has 0 bridgehead atoms. The summed E-state index contributed by atoms with van der Waals surface area (Å²) >= 11 is 0. The van der Waals surface area contributed by atoms with E-state index in [2.05, 4.69) is 4.90 Å². The largest absolute Gasteiger partial charge is 0.497 e. The quantitative estimate of drug-likeness (QED) is 0.834. The van der Waals surface area contributed by atoms with Crippen molar-refractivity contribution in [2.75, 3.05) is 27.3 Å². The molecule has 4 heteroatoms. The fourth-order valence-corrected chi connectivity index (χ4v) is 3.36. The van der Waals surface area contributed by atoms with Gasteiger partial charge in [-0.1, -0.05) is 6.07 Å². The van der Waals surface area contributed by atoms with Gasteiger partial charge in [0, 0.05) is 32.3 Å². The lowest BCUT2D eigenvalue weighted by molar-refractivity contribution is -0.0357. The lowest BCUT2D eigenvalue weighted by atomic mass is 9.90. The van der Waals surface area contributed by atoms with Crippen molar-refractivity contribution >= 4 is 0 Å². The number of likely N-dealkylation sites (tertiary alicyclic amines) is 1. The van der Waals surface area contributed by atoms with Crippen molar-refractivity contribution in [3.63, 3.8) is 0 Å². The normalized spacial score (nSPS) is 27.1. The first-order valence-corrected chi connectivity index (χ1v) is 7.86. The average molecular weight is 291 g/mol. The van der Waals surface area contributed by atoms with Gasteiger partial charge < -0.3 is 14.2 Å². The minimum atomic E-state index is 0.317. The first-order chi connectivity index (χ1) is 10.3. The Bertz CT molecular complexity index is 451. The van der Waals surface area contributed by atoms with Crippen molar-refractivity contribution in [2.24, 2.45) is 0 Å². The minimum absolute atomic E-state index is 0.317. The molecule has 0 N–H and O–H groups in total. The summed E-state index contributed by atoms with van der Waals surface area (Å²) in [6.07, 6.45) is 5.69. The lowest BCUT2D eigenvalue weighted by Gasteiger charge is -2.46. The van der Waals surface area contributed by atoms with Crippen LogP contribution in [-0.4, -0.2) is 50.5 Å². The van der Waals surface area contributed by atoms with Crippen LogP contribution < -0.4 is 9.47 Å². The fraction of sp³-hybridized carbons (Fsp3) is 0.647. The van der Waals surface area contributed by atoms with E-state index in [1.165, 1.54) is 25.7 Å². The number of hydrogen-bond donors (Lipinski definition) is 0. The highest BCUT2D eigenvalue weighted by molar-refractivity contribution is 5.33. The first kappa shape index (κ1) is 14.7. The van der Waals surface area contributed by atoms with Crippen molar-refractivity contribution in [3.8, 4) is 11.5 Å². The summed E-state index contributed by atoms with van der Waals surface area (Å²) in [7, 11) is 3.51. The van der Waals surface area contributed by atoms with Crippen LogP contribution in [0.4, 0.5) is 0 Å². The maximum absolute atomic E-state index is 6.01. The smallest absolute Gasteiger partial charge is 0.124 e. The molecule has 0 atom stereocenters. The standard InChI is InChI=1S/C17H25NO3/c1-19-14-8-6-13(7-9-14)18-11-17(12-18)21-16-5-3-4-15(10-16)20-2/h3-5,10,13-14,17H,6-9,11-12H2,1-2H3. The fourth-order valence-electron chi connectivity index (χ4n) is 3.36. The van der Waals surface area contributed by atoms with E-state index >= 15 is 0 Å². The van der Waals surface area contributed by atoms with E-state index in [0.717, 1.165) is 30.6 Å². The second kappa shape index (κ2) is 6.67. The third-order valence-corrected chi connectivity index (χ3v) is 4.71. The first-order valence-electron chi connectivity index (χ1n) is 7.86. The third kappa shape index (κ3) is 3.50. The molecule has 2 fully saturated rings. The summed E-state index contributed by atoms with van der Waals surface area (Å²) < 4.78 is 16.7. The monoisotopic (exact) mass is 291 g/mol. The average Bonchev–Trinajstić information content (AvgIpc) is 2.51. The number of ether oxygens (including phenoxy) is 3. The molecule has 1 aromatic carbocycles. The Morgan fingerprint density at radius 3 is 2.33 bits per heavy atom. The summed E-state index contributed by atoms with van der Waals surface area (Å²) in [6, 6.07) is 8.58. The van der Waals surface area contributed by atoms with E-state index in [1.807, 2.05) is 31.4 Å². The Kier molecular flexibility index (Phi) is 4.66. The highest BCUT2D eigenvalue weighted by Gasteiger charge is 2.35. The zero-order chi connectivity index (χ0) is 14.7. The van der Waals surface area contributed by atoms with Gasteiger partial charge in [-0.05, 0) is 37.8 Å². The molecule has 0 aromatic heterocycles. The van der Waals surface area contributed by atoms with Gasteiger partial charge in [-0.2, -0.15) is 0 Å². The molecule has 1 aliphatic heterocycles. The van der Waals surface area contributed by atoms with Crippen LogP contribution in [0.2, 0.25) is 0 Å². The van der Waals surface area contributed by atoms with E-state index in [1.54, 1.807) is 7.11 Å². The molecule has 4 nitrogen and oxygen atoms in total. The Morgan fingerprint density at radius 2 is 1.67 bits per heavy atom. The van der Waals surface area contributed by atoms with Gasteiger partial charge in [-0.3, -0.25) is 4.90 Å². The molecule has 3 rings (SSSR count). The Morgan fingerprint density at radius 1 is 0.952 bits per heavy atom. The van der Waals surface area contributed by atoms with Gasteiger partial charge in [0.25, 0.3) is 0 Å². The molecule has 0 radical (unpaired) electrons. The van der Waals surface area contributed by atoms with Crippen LogP contribution >= 0.6 is 0 Å². The maximum Gasteiger partial charge on any atom is 0.124 e. The highest BCUT2D eigenvalue weighted by atomic mass is 16.5. The van der Waals surface area contributed by atoms with Gasteiger partial charge in [-0.25, -0.2) is 0 Å². The molecule has 0 spiro atoms. The molecule has 2 aliphatic rings. The molecular weight excluding hydrogens is 266 g/mol. The van der Waals surface area contributed by atoms with Crippen LogP contribution in [0.5, 0.6) is 11.5 Å². The zero-order valence-electron chi connectivity index (χ0n) is 13.0. The molecular formula is C17H25NO3. The van der Waals surface area contributed by atoms with Crippen molar-refractivity contribution in [2.45, 2.75) is 43.9 Å². The van der Waals surface area contributed by atoms with Gasteiger partial charge in [0.05, 0.1) is 13.2 Å². The third-order valence-electron chi connectivity index (χ3n) is 4.71. The molecule has 0 amide bonds. The van der Waals surface area contributed by atoms with Crippen molar-refractivity contribution < 1.29 is 14.2 Å². The highest BCUT2D eigenvalue weighted by Crippen LogP contribution is 2.29. The van der Waals surface area contributed by atoms with Crippen LogP contribution in [0.3, 0.4) is 0 Å². The van der Waals surface area contributed by atoms with Crippen molar-refractivity contribution in [3.05, 3.63) is 24.3 Å². The molecule has 1 saturated carbocycles. The van der Waals surface area contributed by atoms with Crippen LogP contribution in [0.15, 0.2) is 24.3 Å². The van der Waals surface area contributed by atoms with Gasteiger partial charge >= 0.3 is 0 Å². The lowest BCUT2D eigenvalue weighted by Crippen LogP contribution is -2.58. The number of hydrogen-bond acceptors (Lipinski definition) is 4. The summed E-state index contributed by atoms with van der Waals surface area (Å²) in [5.41, 5.74) is 0. The molecule has 21 heavy (non-hydrogen) atoms. The topological polar surface area (TPSA) is 30.9 Å². The number of methoxy groups -OCH3 is 2. The van der Waals surface area contributed by atoms with Crippen molar-refractivity contribution in [1.29, 1.82) is 0 Å². The van der Waals surface area contributed by atoms with Crippen LogP contribution in [0.25, 0.3) is 0 Å². The molecule has 1 saturated heterocycles. The molecule has 1 heterocycles. The predicted molar refractivity (Wildman–Crippen MR) is 82.0 cm³/mol. The summed E-state index contributed by atoms with van der Waals surface area (Å²) in [6.45, 7) is 2.08. The number of benzene rings is 1. The second-order valence-corrected chi connectivity index (χ2v) is 6.04. The molecule has 1 aromatic rings. The zero-order valence-corrected chi connectivity index (χ0v) is 13.0. The number of rotatable bonds is 5. The number of nitrogens with zero attached hydrogens (tertiary/aromatic N) is 1. The summed E-state index contributed by atoms with van der Waals surface area (Å²) in [5, 5.41) is 0. The predicted octanol–water partition coefficient (Wildman–Crippen LogP) is 2.72. The molecule has 0 unspecified atom stereocenters. The van der Waals surface area contributed by atoms with Crippen LogP contribution in [-0.2, 0) is 4.74 Å². The van der Waals surface area contributed by atoms with E-state index in [0.29, 0.717) is 12.2 Å². The van der Waals surface area contributed by atoms with Crippen LogP contribution in [0.1, 0.15) is 25.7 Å². The van der Waals surface area contributed by atoms with E-state index in [-0.39, 0.29) is 0 Å². The van der Waals surface area contributed by atoms with E-state index in [9.17, 15) is 0 Å². The van der Waals surface area contributed by atoms with Gasteiger partial charge in [-0.15, -0.1) is 0 Å². The molecule has 1 aliphatic carbocycles. The summed E-state index contributed by atoms with van der Waals surface area (Å²) in [4.78, 5) is 2.55. The van der Waals surface area contributed by atoms with Gasteiger partial charge in [0.2, 0.25) is 0 Å². The van der Waals surface area contributed by atoms with Crippen LogP contribution in [0, 0.1) is 0 Å². The SMILES string of the molecule is COc1cccc(OC2CN(C3CCC(OC)CC3)C2)c1. The Balaban J connectivity index is 1.43.